The number of carboxylic acid groups (broad SMARTS) is 3. The zero-order chi connectivity index (χ0) is 13.8. The van der Waals surface area contributed by atoms with Crippen LogP contribution in [0, 0.1) is 0 Å². The molecule has 7 heteroatoms. The van der Waals surface area contributed by atoms with Crippen LogP contribution >= 0.6 is 0 Å². The summed E-state index contributed by atoms with van der Waals surface area (Å²) in [5.41, 5.74) is -1.35. The molecule has 0 aromatic rings. The van der Waals surface area contributed by atoms with Crippen molar-refractivity contribution in [2.24, 2.45) is 0 Å². The van der Waals surface area contributed by atoms with Crippen LogP contribution in [-0.2, 0) is 14.4 Å². The van der Waals surface area contributed by atoms with E-state index in [9.17, 15) is 19.5 Å². The van der Waals surface area contributed by atoms with E-state index in [0.29, 0.717) is 25.7 Å². The van der Waals surface area contributed by atoms with Crippen LogP contribution in [0.15, 0.2) is 0 Å². The zero-order valence-corrected chi connectivity index (χ0v) is 9.96. The van der Waals surface area contributed by atoms with E-state index in [-0.39, 0.29) is 0 Å². The summed E-state index contributed by atoms with van der Waals surface area (Å²) in [4.78, 5) is 34.1. The summed E-state index contributed by atoms with van der Waals surface area (Å²) in [6.45, 7) is -1.14. The minimum atomic E-state index is -1.35. The molecule has 1 saturated carbocycles. The molecule has 0 radical (unpaired) electrons. The molecule has 0 aromatic carbocycles. The van der Waals surface area contributed by atoms with Crippen molar-refractivity contribution >= 4 is 17.9 Å². The fraction of sp³-hybridized carbons (Fsp3) is 0.727. The molecule has 1 fully saturated rings. The molecule has 1 rings (SSSR count). The van der Waals surface area contributed by atoms with Crippen molar-refractivity contribution in [2.75, 3.05) is 13.1 Å². The predicted octanol–water partition coefficient (Wildman–Crippen LogP) is 0.245. The van der Waals surface area contributed by atoms with Crippen molar-refractivity contribution < 1.29 is 29.7 Å². The topological polar surface area (TPSA) is 115 Å². The number of carbonyl (C=O) groups is 3. The van der Waals surface area contributed by atoms with Gasteiger partial charge in [0.15, 0.2) is 0 Å². The number of aliphatic carboxylic acids is 3. The van der Waals surface area contributed by atoms with Gasteiger partial charge in [-0.15, -0.1) is 0 Å². The fourth-order valence-corrected chi connectivity index (χ4v) is 2.49. The Bertz CT molecular complexity index is 331. The van der Waals surface area contributed by atoms with Gasteiger partial charge in [0, 0.05) is 0 Å². The lowest BCUT2D eigenvalue weighted by Gasteiger charge is -2.41. The first-order valence-electron chi connectivity index (χ1n) is 5.80. The Morgan fingerprint density at radius 1 is 0.889 bits per heavy atom. The van der Waals surface area contributed by atoms with Crippen LogP contribution in [-0.4, -0.2) is 56.8 Å². The molecule has 0 unspecified atom stereocenters. The van der Waals surface area contributed by atoms with E-state index in [2.05, 4.69) is 0 Å². The van der Waals surface area contributed by atoms with Crippen LogP contribution in [0.3, 0.4) is 0 Å². The van der Waals surface area contributed by atoms with Gasteiger partial charge in [-0.3, -0.25) is 19.3 Å². The average Bonchev–Trinajstić information content (AvgIpc) is 2.27. The zero-order valence-electron chi connectivity index (χ0n) is 9.96. The number of carboxylic acids is 3. The first kappa shape index (κ1) is 14.4. The summed E-state index contributed by atoms with van der Waals surface area (Å²) < 4.78 is 0. The van der Waals surface area contributed by atoms with E-state index in [1.807, 2.05) is 0 Å². The number of nitrogens with zero attached hydrogens (tertiary/aromatic N) is 1. The highest BCUT2D eigenvalue weighted by Crippen LogP contribution is 2.33. The van der Waals surface area contributed by atoms with Gasteiger partial charge in [-0.05, 0) is 12.8 Å². The molecule has 0 atom stereocenters. The maximum atomic E-state index is 11.5. The van der Waals surface area contributed by atoms with Gasteiger partial charge in [0.05, 0.1) is 13.1 Å². The monoisotopic (exact) mass is 259 g/mol. The predicted molar refractivity (Wildman–Crippen MR) is 60.3 cm³/mol. The van der Waals surface area contributed by atoms with Gasteiger partial charge in [0.25, 0.3) is 0 Å². The van der Waals surface area contributed by atoms with Crippen molar-refractivity contribution in [1.82, 2.24) is 4.90 Å². The van der Waals surface area contributed by atoms with Gasteiger partial charge in [-0.1, -0.05) is 19.3 Å². The van der Waals surface area contributed by atoms with E-state index >= 15 is 0 Å². The molecule has 0 bridgehead atoms. The third kappa shape index (κ3) is 3.19. The minimum Gasteiger partial charge on any atom is -0.480 e. The standard InChI is InChI=1S/C11H17NO6/c13-8(14)6-12(7-9(15)16)11(10(17)18)4-2-1-3-5-11/h1-7H2,(H,13,14)(H,15,16)(H,17,18). The summed E-state index contributed by atoms with van der Waals surface area (Å²) in [6, 6.07) is 0. The van der Waals surface area contributed by atoms with Gasteiger partial charge < -0.3 is 15.3 Å². The highest BCUT2D eigenvalue weighted by molar-refractivity contribution is 5.82. The Kier molecular flexibility index (Phi) is 4.66. The smallest absolute Gasteiger partial charge is 0.324 e. The molecule has 0 spiro atoms. The molecular weight excluding hydrogens is 242 g/mol. The third-order valence-electron chi connectivity index (χ3n) is 3.34. The van der Waals surface area contributed by atoms with Gasteiger partial charge >= 0.3 is 17.9 Å². The molecule has 3 N–H and O–H groups in total. The Morgan fingerprint density at radius 2 is 1.33 bits per heavy atom. The maximum absolute atomic E-state index is 11.5. The van der Waals surface area contributed by atoms with Gasteiger partial charge in [0.2, 0.25) is 0 Å². The summed E-state index contributed by atoms with van der Waals surface area (Å²) in [7, 11) is 0. The Hall–Kier alpha value is -1.63. The van der Waals surface area contributed by atoms with Crippen molar-refractivity contribution in [3.8, 4) is 0 Å². The second-order valence-corrected chi connectivity index (χ2v) is 4.54. The summed E-state index contributed by atoms with van der Waals surface area (Å²) >= 11 is 0. The molecule has 1 aliphatic carbocycles. The summed E-state index contributed by atoms with van der Waals surface area (Å²) in [5.74, 6) is -3.57. The Balaban J connectivity index is 2.99. The number of hydrogen-bond donors (Lipinski definition) is 3. The molecule has 7 nitrogen and oxygen atoms in total. The molecule has 0 amide bonds. The SMILES string of the molecule is O=C(O)CN(CC(=O)O)C1(C(=O)O)CCCCC1. The first-order chi connectivity index (χ1) is 8.38. The number of hydrogen-bond acceptors (Lipinski definition) is 4. The van der Waals surface area contributed by atoms with E-state index in [1.54, 1.807) is 0 Å². The van der Waals surface area contributed by atoms with Crippen LogP contribution < -0.4 is 0 Å². The van der Waals surface area contributed by atoms with Crippen molar-refractivity contribution in [2.45, 2.75) is 37.6 Å². The van der Waals surface area contributed by atoms with Crippen LogP contribution in [0.2, 0.25) is 0 Å². The Morgan fingerprint density at radius 3 is 1.67 bits per heavy atom. The lowest BCUT2D eigenvalue weighted by atomic mass is 9.80. The van der Waals surface area contributed by atoms with E-state index < -0.39 is 36.5 Å². The molecule has 0 heterocycles. The molecular formula is C11H17NO6. The summed E-state index contributed by atoms with van der Waals surface area (Å²) in [6.07, 6.45) is 2.82. The van der Waals surface area contributed by atoms with E-state index in [1.165, 1.54) is 0 Å². The second-order valence-electron chi connectivity index (χ2n) is 4.54. The van der Waals surface area contributed by atoms with Crippen LogP contribution in [0.4, 0.5) is 0 Å². The van der Waals surface area contributed by atoms with Gasteiger partial charge in [0.1, 0.15) is 5.54 Å². The second kappa shape index (κ2) is 5.81. The molecule has 102 valence electrons. The van der Waals surface area contributed by atoms with Crippen molar-refractivity contribution in [3.05, 3.63) is 0 Å². The largest absolute Gasteiger partial charge is 0.480 e. The van der Waals surface area contributed by atoms with E-state index in [4.69, 9.17) is 10.2 Å². The average molecular weight is 259 g/mol. The lowest BCUT2D eigenvalue weighted by Crippen LogP contribution is -2.58. The van der Waals surface area contributed by atoms with Gasteiger partial charge in [-0.25, -0.2) is 0 Å². The third-order valence-corrected chi connectivity index (χ3v) is 3.34. The molecule has 1 aliphatic rings. The normalized spacial score (nSPS) is 18.5. The number of rotatable bonds is 6. The molecule has 0 saturated heterocycles. The fourth-order valence-electron chi connectivity index (χ4n) is 2.49. The van der Waals surface area contributed by atoms with Crippen molar-refractivity contribution in [1.29, 1.82) is 0 Å². The molecule has 18 heavy (non-hydrogen) atoms. The molecule has 0 aliphatic heterocycles. The highest BCUT2D eigenvalue weighted by atomic mass is 16.4. The van der Waals surface area contributed by atoms with Crippen LogP contribution in [0.1, 0.15) is 32.1 Å². The molecule has 0 aromatic heterocycles. The van der Waals surface area contributed by atoms with Crippen LogP contribution in [0.5, 0.6) is 0 Å². The minimum absolute atomic E-state index is 0.295. The van der Waals surface area contributed by atoms with Gasteiger partial charge in [-0.2, -0.15) is 0 Å². The Labute approximate surface area is 104 Å². The van der Waals surface area contributed by atoms with Crippen LogP contribution in [0.25, 0.3) is 0 Å². The highest BCUT2D eigenvalue weighted by Gasteiger charge is 2.46. The van der Waals surface area contributed by atoms with E-state index in [0.717, 1.165) is 11.3 Å². The first-order valence-corrected chi connectivity index (χ1v) is 5.80. The lowest BCUT2D eigenvalue weighted by molar-refractivity contribution is -0.159. The quantitative estimate of drug-likeness (QED) is 0.626. The summed E-state index contributed by atoms with van der Waals surface area (Å²) in [5, 5.41) is 26.9. The maximum Gasteiger partial charge on any atom is 0.324 e. The van der Waals surface area contributed by atoms with Crippen molar-refractivity contribution in [3.63, 3.8) is 0 Å².